The molecule has 1 heterocycles. The van der Waals surface area contributed by atoms with Gasteiger partial charge in [-0.1, -0.05) is 13.0 Å². The number of guanidine groups is 1. The molecule has 0 aromatic heterocycles. The van der Waals surface area contributed by atoms with Gasteiger partial charge in [-0.15, -0.1) is 24.0 Å². The van der Waals surface area contributed by atoms with Crippen molar-refractivity contribution in [3.63, 3.8) is 0 Å². The molecule has 7 heteroatoms. The minimum Gasteiger partial charge on any atom is -0.381 e. The number of hydrogen-bond acceptors (Lipinski definition) is 2. The Bertz CT molecular complexity index is 571. The first-order valence-corrected chi connectivity index (χ1v) is 8.53. The Balaban J connectivity index is 0.00000312. The molecule has 0 saturated carbocycles. The molecular formula is C18H28F2IN3O. The minimum absolute atomic E-state index is 0. The maximum atomic E-state index is 13.9. The monoisotopic (exact) mass is 467 g/mol. The Morgan fingerprint density at radius 3 is 2.84 bits per heavy atom. The van der Waals surface area contributed by atoms with E-state index in [2.05, 4.69) is 15.2 Å². The third kappa shape index (κ3) is 6.36. The van der Waals surface area contributed by atoms with Crippen LogP contribution < -0.4 is 5.32 Å². The highest BCUT2D eigenvalue weighted by Crippen LogP contribution is 2.20. The van der Waals surface area contributed by atoms with Gasteiger partial charge in [0, 0.05) is 51.2 Å². The number of benzene rings is 1. The molecule has 4 nitrogen and oxygen atoms in total. The number of nitrogens with one attached hydrogen (secondary N) is 1. The number of likely N-dealkylation sites (tertiary alicyclic amines) is 1. The molecule has 2 unspecified atom stereocenters. The molecule has 0 bridgehead atoms. The second-order valence-corrected chi connectivity index (χ2v) is 6.26. The van der Waals surface area contributed by atoms with E-state index in [0.717, 1.165) is 44.8 Å². The largest absolute Gasteiger partial charge is 0.381 e. The van der Waals surface area contributed by atoms with Crippen molar-refractivity contribution in [2.24, 2.45) is 10.9 Å². The van der Waals surface area contributed by atoms with Gasteiger partial charge in [0.05, 0.1) is 6.61 Å². The maximum absolute atomic E-state index is 13.9. The molecule has 1 aromatic rings. The summed E-state index contributed by atoms with van der Waals surface area (Å²) < 4.78 is 32.4. The molecule has 142 valence electrons. The number of halogens is 3. The van der Waals surface area contributed by atoms with Crippen molar-refractivity contribution < 1.29 is 13.5 Å². The van der Waals surface area contributed by atoms with Gasteiger partial charge in [0.1, 0.15) is 11.6 Å². The minimum atomic E-state index is -0.551. The van der Waals surface area contributed by atoms with Crippen LogP contribution in [-0.2, 0) is 4.74 Å². The van der Waals surface area contributed by atoms with E-state index in [1.165, 1.54) is 12.1 Å². The Morgan fingerprint density at radius 2 is 2.20 bits per heavy atom. The second kappa shape index (κ2) is 10.9. The summed E-state index contributed by atoms with van der Waals surface area (Å²) >= 11 is 0. The molecule has 25 heavy (non-hydrogen) atoms. The van der Waals surface area contributed by atoms with Gasteiger partial charge in [-0.25, -0.2) is 8.78 Å². The lowest BCUT2D eigenvalue weighted by Gasteiger charge is -2.23. The van der Waals surface area contributed by atoms with Crippen LogP contribution in [0.4, 0.5) is 8.78 Å². The van der Waals surface area contributed by atoms with Crippen LogP contribution in [0.5, 0.6) is 0 Å². The van der Waals surface area contributed by atoms with Crippen LogP contribution in [0.2, 0.25) is 0 Å². The summed E-state index contributed by atoms with van der Waals surface area (Å²) in [7, 11) is 1.75. The molecule has 1 aromatic carbocycles. The smallest absolute Gasteiger partial charge is 0.193 e. The van der Waals surface area contributed by atoms with Crippen molar-refractivity contribution in [3.8, 4) is 0 Å². The normalized spacial score (nSPS) is 18.8. The molecule has 1 saturated heterocycles. The number of rotatable bonds is 6. The molecule has 0 spiro atoms. The van der Waals surface area contributed by atoms with Crippen LogP contribution in [0.1, 0.15) is 31.7 Å². The molecule has 1 N–H and O–H groups in total. The summed E-state index contributed by atoms with van der Waals surface area (Å²) in [5, 5.41) is 3.30. The van der Waals surface area contributed by atoms with Crippen LogP contribution in [0.3, 0.4) is 0 Å². The molecule has 0 radical (unpaired) electrons. The zero-order valence-electron chi connectivity index (χ0n) is 15.1. The zero-order valence-corrected chi connectivity index (χ0v) is 17.4. The molecule has 1 fully saturated rings. The molecule has 2 atom stereocenters. The summed E-state index contributed by atoms with van der Waals surface area (Å²) in [5.74, 6) is 0.213. The maximum Gasteiger partial charge on any atom is 0.193 e. The van der Waals surface area contributed by atoms with Gasteiger partial charge in [-0.3, -0.25) is 4.99 Å². The van der Waals surface area contributed by atoms with Crippen molar-refractivity contribution >= 4 is 29.9 Å². The van der Waals surface area contributed by atoms with Crippen LogP contribution >= 0.6 is 24.0 Å². The van der Waals surface area contributed by atoms with Crippen LogP contribution in [0, 0.1) is 17.6 Å². The standard InChI is InChI=1S/C18H27F2N3O.HI/c1-4-24-12-14-7-8-23(11-14)18(21-3)22-10-13(2)16-6-5-15(19)9-17(16)20;/h5-6,9,13-14H,4,7-8,10-12H2,1-3H3,(H,21,22);1H. The Hall–Kier alpha value is -0.960. The Labute approximate surface area is 166 Å². The van der Waals surface area contributed by atoms with E-state index in [0.29, 0.717) is 18.0 Å². The van der Waals surface area contributed by atoms with Crippen molar-refractivity contribution in [1.29, 1.82) is 0 Å². The van der Waals surface area contributed by atoms with E-state index in [1.807, 2.05) is 13.8 Å². The third-order valence-electron chi connectivity index (χ3n) is 4.41. The quantitative estimate of drug-likeness (QED) is 0.395. The van der Waals surface area contributed by atoms with Gasteiger partial charge in [0.15, 0.2) is 5.96 Å². The SMILES string of the molecule is CCOCC1CCN(C(=NC)NCC(C)c2ccc(F)cc2F)C1.I. The first-order valence-electron chi connectivity index (χ1n) is 8.53. The number of aliphatic imine (C=N–C) groups is 1. The van der Waals surface area contributed by atoms with E-state index in [-0.39, 0.29) is 29.9 Å². The fourth-order valence-electron chi connectivity index (χ4n) is 3.03. The van der Waals surface area contributed by atoms with Crippen molar-refractivity contribution in [2.45, 2.75) is 26.2 Å². The highest BCUT2D eigenvalue weighted by atomic mass is 127. The number of nitrogens with zero attached hydrogens (tertiary/aromatic N) is 2. The van der Waals surface area contributed by atoms with Crippen LogP contribution in [0.15, 0.2) is 23.2 Å². The fraction of sp³-hybridized carbons (Fsp3) is 0.611. The van der Waals surface area contributed by atoms with Gasteiger partial charge in [0.25, 0.3) is 0 Å². The van der Waals surface area contributed by atoms with Crippen LogP contribution in [0.25, 0.3) is 0 Å². The first-order chi connectivity index (χ1) is 11.5. The molecule has 2 rings (SSSR count). The van der Waals surface area contributed by atoms with Crippen molar-refractivity contribution in [2.75, 3.05) is 39.9 Å². The van der Waals surface area contributed by atoms with Crippen molar-refractivity contribution in [1.82, 2.24) is 10.2 Å². The van der Waals surface area contributed by atoms with E-state index in [4.69, 9.17) is 4.74 Å². The Kier molecular flexibility index (Phi) is 9.63. The molecule has 0 aliphatic carbocycles. The van der Waals surface area contributed by atoms with E-state index < -0.39 is 11.6 Å². The zero-order chi connectivity index (χ0) is 17.5. The fourth-order valence-corrected chi connectivity index (χ4v) is 3.03. The predicted molar refractivity (Wildman–Crippen MR) is 108 cm³/mol. The highest BCUT2D eigenvalue weighted by Gasteiger charge is 2.25. The van der Waals surface area contributed by atoms with Gasteiger partial charge < -0.3 is 15.0 Å². The summed E-state index contributed by atoms with van der Waals surface area (Å²) in [6.45, 7) is 7.84. The van der Waals surface area contributed by atoms with Gasteiger partial charge in [-0.05, 0) is 25.0 Å². The van der Waals surface area contributed by atoms with E-state index in [9.17, 15) is 8.78 Å². The molecule has 1 aliphatic rings. The molecule has 1 aliphatic heterocycles. The van der Waals surface area contributed by atoms with Gasteiger partial charge in [0.2, 0.25) is 0 Å². The van der Waals surface area contributed by atoms with Crippen molar-refractivity contribution in [3.05, 3.63) is 35.4 Å². The van der Waals surface area contributed by atoms with Gasteiger partial charge >= 0.3 is 0 Å². The lowest BCUT2D eigenvalue weighted by atomic mass is 10.0. The average Bonchev–Trinajstić information content (AvgIpc) is 3.02. The molecule has 0 amide bonds. The Morgan fingerprint density at radius 1 is 1.44 bits per heavy atom. The second-order valence-electron chi connectivity index (χ2n) is 6.26. The third-order valence-corrected chi connectivity index (χ3v) is 4.41. The van der Waals surface area contributed by atoms with Gasteiger partial charge in [-0.2, -0.15) is 0 Å². The topological polar surface area (TPSA) is 36.9 Å². The lowest BCUT2D eigenvalue weighted by molar-refractivity contribution is 0.114. The highest BCUT2D eigenvalue weighted by molar-refractivity contribution is 14.0. The summed E-state index contributed by atoms with van der Waals surface area (Å²) in [4.78, 5) is 6.53. The summed E-state index contributed by atoms with van der Waals surface area (Å²) in [6.07, 6.45) is 1.09. The van der Waals surface area contributed by atoms with E-state index >= 15 is 0 Å². The number of ether oxygens (including phenoxy) is 1. The molecular weight excluding hydrogens is 439 g/mol. The predicted octanol–water partition coefficient (Wildman–Crippen LogP) is 3.62. The van der Waals surface area contributed by atoms with E-state index in [1.54, 1.807) is 7.05 Å². The van der Waals surface area contributed by atoms with Crippen LogP contribution in [-0.4, -0.2) is 50.8 Å². The number of hydrogen-bond donors (Lipinski definition) is 1. The first kappa shape index (κ1) is 22.1. The lowest BCUT2D eigenvalue weighted by Crippen LogP contribution is -2.41. The average molecular weight is 467 g/mol. The summed E-state index contributed by atoms with van der Waals surface area (Å²) in [5.41, 5.74) is 0.509. The summed E-state index contributed by atoms with van der Waals surface area (Å²) in [6, 6.07) is 3.73.